The summed E-state index contributed by atoms with van der Waals surface area (Å²) < 4.78 is 7.00. The molecule has 2 aromatic heterocycles. The van der Waals surface area contributed by atoms with E-state index in [4.69, 9.17) is 4.42 Å². The molecule has 0 spiro atoms. The standard InChI is InChI=1S/C17H21N5O3/c1-12(23)22-14(9-21-11-18-10-19-21)7-13-8-20(5-4-15(13)22)17(24)16-3-2-6-25-16/h2-3,6,10-11,13-15H,4-5,7-9H2,1H3/t13-,14+,15+/m0/s1. The van der Waals surface area contributed by atoms with Gasteiger partial charge in [0.15, 0.2) is 5.76 Å². The molecule has 25 heavy (non-hydrogen) atoms. The number of furan rings is 1. The molecule has 3 atom stereocenters. The Labute approximate surface area is 145 Å². The van der Waals surface area contributed by atoms with Crippen LogP contribution in [0.5, 0.6) is 0 Å². The predicted molar refractivity (Wildman–Crippen MR) is 87.5 cm³/mol. The SMILES string of the molecule is CC(=O)N1[C@@H](Cn2cncn2)C[C@H]2CN(C(=O)c3ccco3)CC[C@H]21. The van der Waals surface area contributed by atoms with Gasteiger partial charge in [0.1, 0.15) is 12.7 Å². The van der Waals surface area contributed by atoms with Gasteiger partial charge in [-0.05, 0) is 30.9 Å². The molecule has 0 N–H and O–H groups in total. The van der Waals surface area contributed by atoms with Crippen LogP contribution in [0.25, 0.3) is 0 Å². The molecular formula is C17H21N5O3. The van der Waals surface area contributed by atoms with Gasteiger partial charge in [0.05, 0.1) is 18.8 Å². The van der Waals surface area contributed by atoms with E-state index in [9.17, 15) is 9.59 Å². The molecule has 2 amide bonds. The Balaban J connectivity index is 1.49. The molecule has 4 rings (SSSR count). The quantitative estimate of drug-likeness (QED) is 0.831. The van der Waals surface area contributed by atoms with Gasteiger partial charge in [-0.25, -0.2) is 4.98 Å². The Morgan fingerprint density at radius 2 is 2.28 bits per heavy atom. The van der Waals surface area contributed by atoms with Gasteiger partial charge in [-0.15, -0.1) is 0 Å². The highest BCUT2D eigenvalue weighted by Gasteiger charge is 2.46. The van der Waals surface area contributed by atoms with Crippen LogP contribution in [0.1, 0.15) is 30.3 Å². The number of fused-ring (bicyclic) bond motifs is 1. The Bertz CT molecular complexity index is 742. The molecule has 132 valence electrons. The molecule has 2 fully saturated rings. The fraction of sp³-hybridized carbons (Fsp3) is 0.529. The fourth-order valence-corrected chi connectivity index (χ4v) is 4.29. The highest BCUT2D eigenvalue weighted by Crippen LogP contribution is 2.36. The largest absolute Gasteiger partial charge is 0.459 e. The maximum Gasteiger partial charge on any atom is 0.289 e. The number of aromatic nitrogens is 3. The van der Waals surface area contributed by atoms with Gasteiger partial charge in [-0.2, -0.15) is 5.10 Å². The third-order valence-corrected chi connectivity index (χ3v) is 5.27. The first-order chi connectivity index (χ1) is 12.1. The normalized spacial score (nSPS) is 25.9. The van der Waals surface area contributed by atoms with E-state index in [1.807, 2.05) is 9.80 Å². The predicted octanol–water partition coefficient (Wildman–Crippen LogP) is 1.02. The van der Waals surface area contributed by atoms with Gasteiger partial charge >= 0.3 is 0 Å². The molecule has 0 bridgehead atoms. The van der Waals surface area contributed by atoms with Crippen molar-refractivity contribution in [2.24, 2.45) is 5.92 Å². The zero-order valence-electron chi connectivity index (χ0n) is 14.1. The summed E-state index contributed by atoms with van der Waals surface area (Å²) in [6.45, 7) is 3.55. The zero-order valence-corrected chi connectivity index (χ0v) is 14.1. The molecule has 2 aromatic rings. The number of rotatable bonds is 3. The van der Waals surface area contributed by atoms with E-state index in [1.54, 1.807) is 30.1 Å². The van der Waals surface area contributed by atoms with Crippen molar-refractivity contribution in [1.82, 2.24) is 24.6 Å². The van der Waals surface area contributed by atoms with Gasteiger partial charge in [0.25, 0.3) is 5.91 Å². The summed E-state index contributed by atoms with van der Waals surface area (Å²) in [6.07, 6.45) is 6.36. The van der Waals surface area contributed by atoms with Crippen molar-refractivity contribution < 1.29 is 14.0 Å². The number of hydrogen-bond acceptors (Lipinski definition) is 5. The number of likely N-dealkylation sites (tertiary alicyclic amines) is 2. The van der Waals surface area contributed by atoms with E-state index >= 15 is 0 Å². The van der Waals surface area contributed by atoms with Crippen LogP contribution in [0.2, 0.25) is 0 Å². The summed E-state index contributed by atoms with van der Waals surface area (Å²) >= 11 is 0. The van der Waals surface area contributed by atoms with Crippen molar-refractivity contribution in [2.75, 3.05) is 13.1 Å². The fourth-order valence-electron chi connectivity index (χ4n) is 4.29. The smallest absolute Gasteiger partial charge is 0.289 e. The molecule has 4 heterocycles. The van der Waals surface area contributed by atoms with Crippen LogP contribution in [0.3, 0.4) is 0 Å². The Morgan fingerprint density at radius 3 is 2.96 bits per heavy atom. The number of amides is 2. The van der Waals surface area contributed by atoms with Crippen LogP contribution >= 0.6 is 0 Å². The van der Waals surface area contributed by atoms with Crippen LogP contribution in [-0.4, -0.2) is 61.6 Å². The lowest BCUT2D eigenvalue weighted by molar-refractivity contribution is -0.132. The van der Waals surface area contributed by atoms with Gasteiger partial charge < -0.3 is 14.2 Å². The molecular weight excluding hydrogens is 322 g/mol. The lowest BCUT2D eigenvalue weighted by Gasteiger charge is -2.38. The molecule has 8 heteroatoms. The highest BCUT2D eigenvalue weighted by atomic mass is 16.3. The topological polar surface area (TPSA) is 84.5 Å². The van der Waals surface area contributed by atoms with Gasteiger partial charge in [-0.1, -0.05) is 0 Å². The van der Waals surface area contributed by atoms with E-state index in [1.165, 1.54) is 12.6 Å². The molecule has 0 aliphatic carbocycles. The van der Waals surface area contributed by atoms with Crippen LogP contribution < -0.4 is 0 Å². The second-order valence-corrected chi connectivity index (χ2v) is 6.78. The lowest BCUT2D eigenvalue weighted by atomic mass is 9.92. The number of piperidine rings is 1. The first-order valence-electron chi connectivity index (χ1n) is 8.57. The summed E-state index contributed by atoms with van der Waals surface area (Å²) in [6, 6.07) is 3.69. The average Bonchev–Trinajstić information content (AvgIpc) is 3.34. The summed E-state index contributed by atoms with van der Waals surface area (Å²) in [7, 11) is 0. The monoisotopic (exact) mass is 343 g/mol. The first-order valence-corrected chi connectivity index (χ1v) is 8.57. The first kappa shape index (κ1) is 15.9. The zero-order chi connectivity index (χ0) is 17.4. The molecule has 2 aliphatic heterocycles. The minimum atomic E-state index is -0.0717. The molecule has 0 unspecified atom stereocenters. The van der Waals surface area contributed by atoms with E-state index < -0.39 is 0 Å². The van der Waals surface area contributed by atoms with Gasteiger partial charge in [-0.3, -0.25) is 14.3 Å². The summed E-state index contributed by atoms with van der Waals surface area (Å²) in [5.74, 6) is 0.671. The number of carbonyl (C=O) groups excluding carboxylic acids is 2. The maximum absolute atomic E-state index is 12.5. The van der Waals surface area contributed by atoms with Crippen molar-refractivity contribution in [2.45, 2.75) is 38.4 Å². The molecule has 2 aliphatic rings. The molecule has 0 radical (unpaired) electrons. The van der Waals surface area contributed by atoms with Crippen molar-refractivity contribution in [3.05, 3.63) is 36.8 Å². The molecule has 0 aromatic carbocycles. The lowest BCUT2D eigenvalue weighted by Crippen LogP contribution is -2.50. The average molecular weight is 343 g/mol. The molecule has 0 saturated carbocycles. The third kappa shape index (κ3) is 2.92. The summed E-state index contributed by atoms with van der Waals surface area (Å²) in [5, 5.41) is 4.16. The Morgan fingerprint density at radius 1 is 1.40 bits per heavy atom. The van der Waals surface area contributed by atoms with Crippen molar-refractivity contribution >= 4 is 11.8 Å². The molecule has 2 saturated heterocycles. The Kier molecular flexibility index (Phi) is 4.03. The van der Waals surface area contributed by atoms with Crippen LogP contribution in [0.4, 0.5) is 0 Å². The molecule has 8 nitrogen and oxygen atoms in total. The second kappa shape index (κ2) is 6.34. The van der Waals surface area contributed by atoms with E-state index in [-0.39, 0.29) is 29.8 Å². The van der Waals surface area contributed by atoms with Crippen molar-refractivity contribution in [3.63, 3.8) is 0 Å². The van der Waals surface area contributed by atoms with Crippen LogP contribution in [0, 0.1) is 5.92 Å². The maximum atomic E-state index is 12.5. The van der Waals surface area contributed by atoms with Crippen LogP contribution in [0.15, 0.2) is 35.5 Å². The van der Waals surface area contributed by atoms with E-state index in [2.05, 4.69) is 10.1 Å². The number of hydrogen-bond donors (Lipinski definition) is 0. The number of carbonyl (C=O) groups is 2. The summed E-state index contributed by atoms with van der Waals surface area (Å²) in [4.78, 5) is 32.6. The Hall–Kier alpha value is -2.64. The minimum absolute atomic E-state index is 0.0717. The minimum Gasteiger partial charge on any atom is -0.459 e. The van der Waals surface area contributed by atoms with Crippen LogP contribution in [-0.2, 0) is 11.3 Å². The van der Waals surface area contributed by atoms with Gasteiger partial charge in [0, 0.05) is 26.1 Å². The number of nitrogens with zero attached hydrogens (tertiary/aromatic N) is 5. The van der Waals surface area contributed by atoms with E-state index in [0.717, 1.165) is 12.8 Å². The third-order valence-electron chi connectivity index (χ3n) is 5.27. The van der Waals surface area contributed by atoms with E-state index in [0.29, 0.717) is 25.4 Å². The van der Waals surface area contributed by atoms with Crippen molar-refractivity contribution in [1.29, 1.82) is 0 Å². The van der Waals surface area contributed by atoms with Crippen molar-refractivity contribution in [3.8, 4) is 0 Å². The van der Waals surface area contributed by atoms with Gasteiger partial charge in [0.2, 0.25) is 5.91 Å². The summed E-state index contributed by atoms with van der Waals surface area (Å²) in [5.41, 5.74) is 0. The highest BCUT2D eigenvalue weighted by molar-refractivity contribution is 5.91. The second-order valence-electron chi connectivity index (χ2n) is 6.78.